The van der Waals surface area contributed by atoms with Crippen LogP contribution in [0.3, 0.4) is 0 Å². The highest BCUT2D eigenvalue weighted by Crippen LogP contribution is 2.27. The summed E-state index contributed by atoms with van der Waals surface area (Å²) in [6.45, 7) is 1.77. The van der Waals surface area contributed by atoms with E-state index in [4.69, 9.17) is 11.6 Å². The Morgan fingerprint density at radius 1 is 1.58 bits per heavy atom. The average Bonchev–Trinajstić information content (AvgIpc) is 2.74. The molecule has 0 bridgehead atoms. The predicted octanol–water partition coefficient (Wildman–Crippen LogP) is 3.03. The normalized spacial score (nSPS) is 16.1. The van der Waals surface area contributed by atoms with Crippen LogP contribution in [0, 0.1) is 0 Å². The van der Waals surface area contributed by atoms with Crippen molar-refractivity contribution in [3.63, 3.8) is 0 Å². The van der Waals surface area contributed by atoms with Crippen molar-refractivity contribution in [1.29, 1.82) is 0 Å². The summed E-state index contributed by atoms with van der Waals surface area (Å²) in [7, 11) is 0. The number of rotatable bonds is 3. The zero-order chi connectivity index (χ0) is 13.8. The largest absolute Gasteiger partial charge is 0.325 e. The fourth-order valence-corrected chi connectivity index (χ4v) is 3.54. The molecular weight excluding hydrogens is 304 g/mol. The van der Waals surface area contributed by atoms with Gasteiger partial charge in [0.15, 0.2) is 0 Å². The lowest BCUT2D eigenvalue weighted by Crippen LogP contribution is -2.23. The van der Waals surface area contributed by atoms with Gasteiger partial charge in [0.1, 0.15) is 4.38 Å². The van der Waals surface area contributed by atoms with Gasteiger partial charge in [-0.15, -0.1) is 0 Å². The van der Waals surface area contributed by atoms with Gasteiger partial charge in [-0.2, -0.15) is 4.99 Å². The molecule has 0 spiro atoms. The van der Waals surface area contributed by atoms with Gasteiger partial charge < -0.3 is 5.32 Å². The number of carbonyl (C=O) groups excluding carboxylic acids is 2. The van der Waals surface area contributed by atoms with Gasteiger partial charge in [0, 0.05) is 10.7 Å². The first-order valence-corrected chi connectivity index (χ1v) is 7.76. The zero-order valence-corrected chi connectivity index (χ0v) is 12.4. The highest BCUT2D eigenvalue weighted by molar-refractivity contribution is 8.39. The summed E-state index contributed by atoms with van der Waals surface area (Å²) < 4.78 is 0.652. The SMILES string of the molecule is CC(SC1=NC(=O)CS1)C(=O)Nc1cccc(Cl)c1. The molecule has 1 aromatic carbocycles. The van der Waals surface area contributed by atoms with Crippen molar-refractivity contribution < 1.29 is 9.59 Å². The predicted molar refractivity (Wildman–Crippen MR) is 82.0 cm³/mol. The number of carbonyl (C=O) groups is 2. The minimum atomic E-state index is -0.323. The van der Waals surface area contributed by atoms with Gasteiger partial charge >= 0.3 is 0 Å². The summed E-state index contributed by atoms with van der Waals surface area (Å²) >= 11 is 8.50. The first kappa shape index (κ1) is 14.4. The van der Waals surface area contributed by atoms with Crippen LogP contribution < -0.4 is 5.32 Å². The van der Waals surface area contributed by atoms with Gasteiger partial charge in [-0.05, 0) is 25.1 Å². The maximum absolute atomic E-state index is 12.0. The van der Waals surface area contributed by atoms with Crippen LogP contribution in [0.2, 0.25) is 5.02 Å². The third-order valence-electron chi connectivity index (χ3n) is 2.27. The van der Waals surface area contributed by atoms with Crippen molar-refractivity contribution in [2.45, 2.75) is 12.2 Å². The monoisotopic (exact) mass is 314 g/mol. The van der Waals surface area contributed by atoms with Gasteiger partial charge in [-0.3, -0.25) is 9.59 Å². The molecule has 7 heteroatoms. The summed E-state index contributed by atoms with van der Waals surface area (Å²) in [4.78, 5) is 26.8. The molecule has 100 valence electrons. The fourth-order valence-electron chi connectivity index (χ4n) is 1.37. The van der Waals surface area contributed by atoms with Gasteiger partial charge in [-0.25, -0.2) is 0 Å². The molecule has 0 aromatic heterocycles. The lowest BCUT2D eigenvalue weighted by atomic mass is 10.3. The number of thioether (sulfide) groups is 2. The van der Waals surface area contributed by atoms with Crippen LogP contribution >= 0.6 is 35.1 Å². The second-order valence-electron chi connectivity index (χ2n) is 3.82. The Balaban J connectivity index is 1.92. The van der Waals surface area contributed by atoms with E-state index in [0.717, 1.165) is 0 Å². The lowest BCUT2D eigenvalue weighted by Gasteiger charge is -2.11. The number of nitrogens with one attached hydrogen (secondary N) is 1. The minimum Gasteiger partial charge on any atom is -0.325 e. The second-order valence-corrected chi connectivity index (χ2v) is 6.81. The summed E-state index contributed by atoms with van der Waals surface area (Å²) in [6, 6.07) is 6.96. The van der Waals surface area contributed by atoms with Crippen LogP contribution in [0.15, 0.2) is 29.3 Å². The van der Waals surface area contributed by atoms with E-state index in [1.165, 1.54) is 23.5 Å². The maximum atomic E-state index is 12.0. The van der Waals surface area contributed by atoms with E-state index in [2.05, 4.69) is 10.3 Å². The standard InChI is InChI=1S/C12H11ClN2O2S2/c1-7(19-12-15-10(16)6-18-12)11(17)14-9-4-2-3-8(13)5-9/h2-5,7H,6H2,1H3,(H,14,17). The van der Waals surface area contributed by atoms with Crippen LogP contribution in [0.25, 0.3) is 0 Å². The molecule has 0 fully saturated rings. The number of halogens is 1. The van der Waals surface area contributed by atoms with Gasteiger partial charge in [0.2, 0.25) is 5.91 Å². The first-order chi connectivity index (χ1) is 9.04. The molecule has 4 nitrogen and oxygen atoms in total. The van der Waals surface area contributed by atoms with Crippen molar-refractivity contribution in [2.24, 2.45) is 4.99 Å². The summed E-state index contributed by atoms with van der Waals surface area (Å²) in [6.07, 6.45) is 0. The molecule has 19 heavy (non-hydrogen) atoms. The van der Waals surface area contributed by atoms with E-state index in [-0.39, 0.29) is 17.1 Å². The quantitative estimate of drug-likeness (QED) is 0.931. The molecule has 1 unspecified atom stereocenters. The molecular formula is C12H11ClN2O2S2. The number of amides is 2. The molecule has 0 radical (unpaired) electrons. The molecule has 1 N–H and O–H groups in total. The van der Waals surface area contributed by atoms with Crippen LogP contribution in [0.1, 0.15) is 6.92 Å². The summed E-state index contributed by atoms with van der Waals surface area (Å²) in [5, 5.41) is 3.02. The Kier molecular flexibility index (Phi) is 4.90. The van der Waals surface area contributed by atoms with Crippen molar-refractivity contribution in [1.82, 2.24) is 0 Å². The van der Waals surface area contributed by atoms with Gasteiger partial charge in [0.05, 0.1) is 11.0 Å². The van der Waals surface area contributed by atoms with Crippen LogP contribution in [-0.2, 0) is 9.59 Å². The summed E-state index contributed by atoms with van der Waals surface area (Å²) in [5.74, 6) is 0.0789. The number of anilines is 1. The van der Waals surface area contributed by atoms with Crippen LogP contribution in [0.5, 0.6) is 0 Å². The molecule has 2 amide bonds. The highest BCUT2D eigenvalue weighted by atomic mass is 35.5. The molecule has 2 rings (SSSR count). The van der Waals surface area contributed by atoms with E-state index < -0.39 is 0 Å². The van der Waals surface area contributed by atoms with Crippen LogP contribution in [0.4, 0.5) is 5.69 Å². The number of hydrogen-bond donors (Lipinski definition) is 1. The Morgan fingerprint density at radius 2 is 2.37 bits per heavy atom. The Bertz CT molecular complexity index is 548. The minimum absolute atomic E-state index is 0.144. The smallest absolute Gasteiger partial charge is 0.257 e. The first-order valence-electron chi connectivity index (χ1n) is 5.52. The van der Waals surface area contributed by atoms with E-state index in [0.29, 0.717) is 20.8 Å². The number of aliphatic imine (C=N–C) groups is 1. The number of nitrogens with zero attached hydrogens (tertiary/aromatic N) is 1. The molecule has 1 aliphatic rings. The Morgan fingerprint density at radius 3 is 3.00 bits per heavy atom. The van der Waals surface area contributed by atoms with Crippen molar-refractivity contribution in [3.05, 3.63) is 29.3 Å². The van der Waals surface area contributed by atoms with E-state index >= 15 is 0 Å². The molecule has 1 atom stereocenters. The van der Waals surface area contributed by atoms with E-state index in [9.17, 15) is 9.59 Å². The third-order valence-corrected chi connectivity index (χ3v) is 4.74. The van der Waals surface area contributed by atoms with E-state index in [1.807, 2.05) is 0 Å². The summed E-state index contributed by atoms with van der Waals surface area (Å²) in [5.41, 5.74) is 0.655. The highest BCUT2D eigenvalue weighted by Gasteiger charge is 2.21. The van der Waals surface area contributed by atoms with Gasteiger partial charge in [0.25, 0.3) is 5.91 Å². The third kappa shape index (κ3) is 4.26. The number of benzene rings is 1. The fraction of sp³-hybridized carbons (Fsp3) is 0.250. The second kappa shape index (κ2) is 6.45. The van der Waals surface area contributed by atoms with E-state index in [1.54, 1.807) is 31.2 Å². The van der Waals surface area contributed by atoms with Gasteiger partial charge in [-0.1, -0.05) is 41.2 Å². The molecule has 0 saturated heterocycles. The number of hydrogen-bond acceptors (Lipinski definition) is 4. The Hall–Kier alpha value is -0.980. The van der Waals surface area contributed by atoms with Crippen LogP contribution in [-0.4, -0.2) is 27.2 Å². The molecule has 1 aliphatic heterocycles. The maximum Gasteiger partial charge on any atom is 0.257 e. The van der Waals surface area contributed by atoms with Crippen molar-refractivity contribution in [3.8, 4) is 0 Å². The average molecular weight is 315 g/mol. The molecule has 0 aliphatic carbocycles. The Labute approximate surface area is 124 Å². The lowest BCUT2D eigenvalue weighted by molar-refractivity contribution is -0.116. The molecule has 1 heterocycles. The topological polar surface area (TPSA) is 58.5 Å². The van der Waals surface area contributed by atoms with Crippen molar-refractivity contribution >= 4 is 57.0 Å². The molecule has 0 saturated carbocycles. The molecule has 1 aromatic rings. The zero-order valence-electron chi connectivity index (χ0n) is 10.1. The van der Waals surface area contributed by atoms with Crippen molar-refractivity contribution in [2.75, 3.05) is 11.1 Å².